The van der Waals surface area contributed by atoms with Gasteiger partial charge in [-0.3, -0.25) is 0 Å². The average Bonchev–Trinajstić information content (AvgIpc) is 2.42. The molecule has 2 rings (SSSR count). The van der Waals surface area contributed by atoms with Gasteiger partial charge in [-0.05, 0) is 48.0 Å². The Kier molecular flexibility index (Phi) is 5.63. The van der Waals surface area contributed by atoms with Crippen molar-refractivity contribution in [2.24, 2.45) is 0 Å². The highest BCUT2D eigenvalue weighted by Gasteiger charge is 2.23. The first-order chi connectivity index (χ1) is 10.2. The molecule has 0 aliphatic carbocycles. The lowest BCUT2D eigenvalue weighted by atomic mass is 9.99. The number of aromatic nitrogens is 1. The van der Waals surface area contributed by atoms with E-state index in [1.807, 2.05) is 0 Å². The van der Waals surface area contributed by atoms with Crippen LogP contribution in [0.3, 0.4) is 0 Å². The number of hydrogen-bond donors (Lipinski definition) is 2. The van der Waals surface area contributed by atoms with Gasteiger partial charge in [-0.25, -0.2) is 9.71 Å². The van der Waals surface area contributed by atoms with Crippen LogP contribution in [0.5, 0.6) is 0 Å². The fourth-order valence-electron chi connectivity index (χ4n) is 1.74. The topological polar surface area (TPSA) is 68.2 Å². The largest absolute Gasteiger partial charge is 0.588 e. The highest BCUT2D eigenvalue weighted by atomic mass is 79.9. The van der Waals surface area contributed by atoms with E-state index >= 15 is 0 Å². The third-order valence-electron chi connectivity index (χ3n) is 2.82. The van der Waals surface area contributed by atoms with E-state index in [9.17, 15) is 9.66 Å². The lowest BCUT2D eigenvalue weighted by molar-refractivity contribution is 0.0785. The lowest BCUT2D eigenvalue weighted by Gasteiger charge is -2.20. The molecule has 0 aliphatic heterocycles. The minimum absolute atomic E-state index is 0.416. The van der Waals surface area contributed by atoms with E-state index < -0.39 is 17.0 Å². The van der Waals surface area contributed by atoms with Crippen molar-refractivity contribution in [1.82, 2.24) is 4.98 Å². The number of nitrogens with zero attached hydrogens (tertiary/aromatic N) is 1. The number of nitrogens with one attached hydrogen (secondary N) is 1. The van der Waals surface area contributed by atoms with Gasteiger partial charge in [0.1, 0.15) is 21.7 Å². The molecule has 1 aromatic heterocycles. The number of pyridine rings is 1. The molecule has 0 saturated heterocycles. The molecule has 22 heavy (non-hydrogen) atoms. The predicted molar refractivity (Wildman–Crippen MR) is 93.7 cm³/mol. The Bertz CT molecular complexity index is 695. The normalized spacial score (nSPS) is 13.0. The molecule has 1 aromatic carbocycles. The first-order valence-electron chi connectivity index (χ1n) is 6.20. The second-order valence-corrected chi connectivity index (χ2v) is 7.87. The zero-order chi connectivity index (χ0) is 16.5. The van der Waals surface area contributed by atoms with Crippen molar-refractivity contribution >= 4 is 56.2 Å². The maximum Gasteiger partial charge on any atom is 0.180 e. The fourth-order valence-corrected chi connectivity index (χ4v) is 3.59. The summed E-state index contributed by atoms with van der Waals surface area (Å²) in [5.74, 6) is 0. The smallest absolute Gasteiger partial charge is 0.180 e. The third-order valence-corrected chi connectivity index (χ3v) is 5.07. The highest BCUT2D eigenvalue weighted by Crippen LogP contribution is 2.31. The van der Waals surface area contributed by atoms with E-state index in [2.05, 4.69) is 25.6 Å². The minimum Gasteiger partial charge on any atom is -0.588 e. The van der Waals surface area contributed by atoms with Crippen molar-refractivity contribution in [3.63, 3.8) is 0 Å². The number of aliphatic hydroxyl groups is 1. The molecular formula is C14H13BrCl2N2O2S. The summed E-state index contributed by atoms with van der Waals surface area (Å²) in [7, 11) is 0. The Morgan fingerprint density at radius 1 is 1.32 bits per heavy atom. The quantitative estimate of drug-likeness (QED) is 0.560. The molecule has 0 amide bonds. The molecule has 1 heterocycles. The SMILES string of the molecule is CC(C)(O)c1cc([S+]([O-])Nc2cc(Cl)cnc2Br)ccc1Cl. The van der Waals surface area contributed by atoms with Crippen LogP contribution in [0.15, 0.2) is 40.0 Å². The standard InChI is InChI=1S/C14H13BrCl2N2O2S/c1-14(2,20)10-6-9(3-4-11(10)17)22(21)19-12-5-8(16)7-18-13(12)15/h3-7,19-20H,1-2H3. The van der Waals surface area contributed by atoms with Crippen molar-refractivity contribution in [3.05, 3.63) is 50.7 Å². The molecule has 2 aromatic rings. The minimum atomic E-state index is -1.55. The van der Waals surface area contributed by atoms with Crippen molar-refractivity contribution in [2.45, 2.75) is 24.3 Å². The Balaban J connectivity index is 2.30. The Morgan fingerprint density at radius 3 is 2.64 bits per heavy atom. The second kappa shape index (κ2) is 6.95. The summed E-state index contributed by atoms with van der Waals surface area (Å²) in [6.07, 6.45) is 1.48. The van der Waals surface area contributed by atoms with E-state index in [0.29, 0.717) is 30.8 Å². The lowest BCUT2D eigenvalue weighted by Crippen LogP contribution is -2.19. The van der Waals surface area contributed by atoms with Gasteiger partial charge in [0.15, 0.2) is 4.90 Å². The van der Waals surface area contributed by atoms with E-state index in [4.69, 9.17) is 23.2 Å². The van der Waals surface area contributed by atoms with Crippen molar-refractivity contribution < 1.29 is 9.66 Å². The molecule has 118 valence electrons. The van der Waals surface area contributed by atoms with Crippen molar-refractivity contribution in [3.8, 4) is 0 Å². The summed E-state index contributed by atoms with van der Waals surface area (Å²) in [6.45, 7) is 3.23. The molecule has 1 atom stereocenters. The van der Waals surface area contributed by atoms with Gasteiger partial charge in [-0.1, -0.05) is 23.2 Å². The molecular weight excluding hydrogens is 411 g/mol. The molecule has 0 radical (unpaired) electrons. The van der Waals surface area contributed by atoms with Gasteiger partial charge in [0.05, 0.1) is 10.6 Å². The average molecular weight is 424 g/mol. The van der Waals surface area contributed by atoms with Gasteiger partial charge >= 0.3 is 0 Å². The third kappa shape index (κ3) is 4.28. The van der Waals surface area contributed by atoms with Crippen LogP contribution in [0, 0.1) is 0 Å². The summed E-state index contributed by atoms with van der Waals surface area (Å²) < 4.78 is 15.8. The molecule has 4 nitrogen and oxygen atoms in total. The van der Waals surface area contributed by atoms with Crippen LogP contribution in [0.4, 0.5) is 5.69 Å². The number of hydrogen-bond acceptors (Lipinski definition) is 4. The first kappa shape index (κ1) is 17.8. The van der Waals surface area contributed by atoms with Gasteiger partial charge in [0.2, 0.25) is 0 Å². The van der Waals surface area contributed by atoms with Gasteiger partial charge in [0.25, 0.3) is 0 Å². The maximum atomic E-state index is 12.5. The zero-order valence-electron chi connectivity index (χ0n) is 11.7. The van der Waals surface area contributed by atoms with Crippen LogP contribution in [-0.4, -0.2) is 14.6 Å². The number of rotatable bonds is 4. The van der Waals surface area contributed by atoms with Crippen LogP contribution in [0.25, 0.3) is 0 Å². The fraction of sp³-hybridized carbons (Fsp3) is 0.214. The monoisotopic (exact) mass is 422 g/mol. The predicted octanol–water partition coefficient (Wildman–Crippen LogP) is 4.51. The van der Waals surface area contributed by atoms with E-state index in [1.165, 1.54) is 6.20 Å². The molecule has 0 bridgehead atoms. The van der Waals surface area contributed by atoms with E-state index in [-0.39, 0.29) is 0 Å². The molecule has 0 spiro atoms. The van der Waals surface area contributed by atoms with Gasteiger partial charge in [0, 0.05) is 22.8 Å². The highest BCUT2D eigenvalue weighted by molar-refractivity contribution is 9.10. The number of halogens is 3. The summed E-state index contributed by atoms with van der Waals surface area (Å²) >= 11 is 13.7. The van der Waals surface area contributed by atoms with Crippen LogP contribution >= 0.6 is 39.1 Å². The molecule has 0 fully saturated rings. The Labute approximate surface area is 150 Å². The first-order valence-corrected chi connectivity index (χ1v) is 8.90. The van der Waals surface area contributed by atoms with Crippen LogP contribution < -0.4 is 4.72 Å². The van der Waals surface area contributed by atoms with Crippen molar-refractivity contribution in [2.75, 3.05) is 4.72 Å². The van der Waals surface area contributed by atoms with Gasteiger partial charge in [-0.2, -0.15) is 0 Å². The van der Waals surface area contributed by atoms with Crippen LogP contribution in [0.1, 0.15) is 19.4 Å². The van der Waals surface area contributed by atoms with Crippen LogP contribution in [-0.2, 0) is 17.0 Å². The summed E-state index contributed by atoms with van der Waals surface area (Å²) in [6, 6.07) is 6.46. The van der Waals surface area contributed by atoms with Gasteiger partial charge < -0.3 is 9.66 Å². The molecule has 8 heteroatoms. The second-order valence-electron chi connectivity index (χ2n) is 5.06. The van der Waals surface area contributed by atoms with Gasteiger partial charge in [-0.15, -0.1) is 0 Å². The Morgan fingerprint density at radius 2 is 2.00 bits per heavy atom. The summed E-state index contributed by atoms with van der Waals surface area (Å²) in [4.78, 5) is 4.50. The molecule has 2 N–H and O–H groups in total. The summed E-state index contributed by atoms with van der Waals surface area (Å²) in [5.41, 5.74) is -0.120. The molecule has 1 unspecified atom stereocenters. The Hall–Kier alpha value is -0.500. The van der Waals surface area contributed by atoms with Crippen LogP contribution in [0.2, 0.25) is 10.0 Å². The van der Waals surface area contributed by atoms with E-state index in [0.717, 1.165) is 0 Å². The number of anilines is 1. The molecule has 0 aliphatic rings. The molecule has 0 saturated carbocycles. The van der Waals surface area contributed by atoms with E-state index in [1.54, 1.807) is 38.1 Å². The summed E-state index contributed by atoms with van der Waals surface area (Å²) in [5, 5.41) is 10.9. The van der Waals surface area contributed by atoms with Crippen molar-refractivity contribution in [1.29, 1.82) is 0 Å². The zero-order valence-corrected chi connectivity index (χ0v) is 15.6. The number of benzene rings is 1. The maximum absolute atomic E-state index is 12.5.